The van der Waals surface area contributed by atoms with Gasteiger partial charge in [0.1, 0.15) is 0 Å². The van der Waals surface area contributed by atoms with Crippen LogP contribution in [-0.2, 0) is 22.4 Å². The number of fused-ring (bicyclic) bond motifs is 1. The minimum atomic E-state index is -0.371. The predicted octanol–water partition coefficient (Wildman–Crippen LogP) is 2.88. The lowest BCUT2D eigenvalue weighted by molar-refractivity contribution is -0.125. The molecule has 0 saturated carbocycles. The molecule has 2 aromatic rings. The Morgan fingerprint density at radius 2 is 2.12 bits per heavy atom. The first-order valence-corrected chi connectivity index (χ1v) is 9.04. The second kappa shape index (κ2) is 7.61. The van der Waals surface area contributed by atoms with Gasteiger partial charge in [0.25, 0.3) is 0 Å². The van der Waals surface area contributed by atoms with E-state index in [0.29, 0.717) is 37.2 Å². The molecule has 130 valence electrons. The summed E-state index contributed by atoms with van der Waals surface area (Å²) in [6.07, 6.45) is 4.85. The molecule has 0 aliphatic carbocycles. The van der Waals surface area contributed by atoms with Crippen LogP contribution in [0.5, 0.6) is 0 Å². The van der Waals surface area contributed by atoms with Gasteiger partial charge < -0.3 is 9.64 Å². The Hall–Kier alpha value is -2.47. The highest BCUT2D eigenvalue weighted by Gasteiger charge is 2.21. The standard InChI is InChI=1S/C19H20N2O3S/c1-13-16(19(23)24-2)12-14-7-9-21(10-8-17(14)20-13)18(22)6-5-15-4-3-11-25-15/h3-6,11-12H,7-10H2,1-2H3/b6-5+. The van der Waals surface area contributed by atoms with Crippen molar-refractivity contribution in [2.24, 2.45) is 0 Å². The maximum atomic E-state index is 12.4. The molecule has 0 spiro atoms. The number of pyridine rings is 1. The van der Waals surface area contributed by atoms with Crippen molar-refractivity contribution in [1.29, 1.82) is 0 Å². The number of rotatable bonds is 3. The van der Waals surface area contributed by atoms with Gasteiger partial charge in [-0.05, 0) is 42.5 Å². The van der Waals surface area contributed by atoms with E-state index in [1.54, 1.807) is 17.4 Å². The summed E-state index contributed by atoms with van der Waals surface area (Å²) in [6.45, 7) is 3.06. The van der Waals surface area contributed by atoms with Crippen LogP contribution in [0.4, 0.5) is 0 Å². The molecule has 1 amide bonds. The number of amides is 1. The second-order valence-electron chi connectivity index (χ2n) is 5.89. The van der Waals surface area contributed by atoms with Gasteiger partial charge in [0.05, 0.1) is 18.4 Å². The first-order chi connectivity index (χ1) is 12.1. The van der Waals surface area contributed by atoms with E-state index in [4.69, 9.17) is 4.74 Å². The van der Waals surface area contributed by atoms with E-state index in [1.165, 1.54) is 7.11 Å². The molecule has 0 aromatic carbocycles. The van der Waals surface area contributed by atoms with Gasteiger partial charge in [-0.2, -0.15) is 0 Å². The van der Waals surface area contributed by atoms with Gasteiger partial charge in [-0.1, -0.05) is 6.07 Å². The van der Waals surface area contributed by atoms with Gasteiger partial charge in [0.2, 0.25) is 5.91 Å². The number of hydrogen-bond donors (Lipinski definition) is 0. The highest BCUT2D eigenvalue weighted by Crippen LogP contribution is 2.19. The Morgan fingerprint density at radius 3 is 2.84 bits per heavy atom. The first kappa shape index (κ1) is 17.4. The Bertz CT molecular complexity index is 812. The number of ether oxygens (including phenoxy) is 1. The lowest BCUT2D eigenvalue weighted by Crippen LogP contribution is -2.31. The number of methoxy groups -OCH3 is 1. The van der Waals surface area contributed by atoms with Crippen LogP contribution in [-0.4, -0.2) is 42.0 Å². The normalized spacial score (nSPS) is 14.2. The number of aromatic nitrogens is 1. The maximum absolute atomic E-state index is 12.4. The van der Waals surface area contributed by atoms with Crippen LogP contribution in [0, 0.1) is 6.92 Å². The number of aryl methyl sites for hydroxylation is 1. The van der Waals surface area contributed by atoms with E-state index in [-0.39, 0.29) is 11.9 Å². The fourth-order valence-electron chi connectivity index (χ4n) is 2.92. The Labute approximate surface area is 150 Å². The molecule has 5 nitrogen and oxygen atoms in total. The van der Waals surface area contributed by atoms with Crippen molar-refractivity contribution in [2.45, 2.75) is 19.8 Å². The minimum Gasteiger partial charge on any atom is -0.465 e. The zero-order valence-corrected chi connectivity index (χ0v) is 15.1. The van der Waals surface area contributed by atoms with Crippen molar-refractivity contribution in [3.8, 4) is 0 Å². The number of thiophene rings is 1. The van der Waals surface area contributed by atoms with Gasteiger partial charge in [0, 0.05) is 36.2 Å². The SMILES string of the molecule is COC(=O)c1cc2c(nc1C)CCN(C(=O)/C=C/c1cccs1)CC2. The first-order valence-electron chi connectivity index (χ1n) is 8.16. The zero-order chi connectivity index (χ0) is 17.8. The van der Waals surface area contributed by atoms with Crippen molar-refractivity contribution < 1.29 is 14.3 Å². The summed E-state index contributed by atoms with van der Waals surface area (Å²) in [6, 6.07) is 5.80. The molecule has 0 unspecified atom stereocenters. The highest BCUT2D eigenvalue weighted by atomic mass is 32.1. The summed E-state index contributed by atoms with van der Waals surface area (Å²) in [4.78, 5) is 31.7. The van der Waals surface area contributed by atoms with Gasteiger partial charge in [-0.15, -0.1) is 11.3 Å². The quantitative estimate of drug-likeness (QED) is 0.627. The van der Waals surface area contributed by atoms with Gasteiger partial charge in [-0.3, -0.25) is 9.78 Å². The molecule has 2 aromatic heterocycles. The van der Waals surface area contributed by atoms with Crippen LogP contribution in [0.15, 0.2) is 29.7 Å². The van der Waals surface area contributed by atoms with Crippen molar-refractivity contribution in [2.75, 3.05) is 20.2 Å². The molecule has 0 bridgehead atoms. The molecule has 1 aliphatic rings. The summed E-state index contributed by atoms with van der Waals surface area (Å²) in [5.74, 6) is -0.366. The third-order valence-electron chi connectivity index (χ3n) is 4.30. The summed E-state index contributed by atoms with van der Waals surface area (Å²) in [7, 11) is 1.37. The van der Waals surface area contributed by atoms with E-state index in [0.717, 1.165) is 16.1 Å². The Balaban J connectivity index is 1.73. The molecule has 1 aliphatic heterocycles. The second-order valence-corrected chi connectivity index (χ2v) is 6.87. The zero-order valence-electron chi connectivity index (χ0n) is 14.3. The van der Waals surface area contributed by atoms with E-state index in [1.807, 2.05) is 41.5 Å². The molecule has 0 fully saturated rings. The Morgan fingerprint density at radius 1 is 1.32 bits per heavy atom. The molecule has 25 heavy (non-hydrogen) atoms. The number of esters is 1. The summed E-state index contributed by atoms with van der Waals surface area (Å²) < 4.78 is 4.81. The third kappa shape index (κ3) is 3.96. The van der Waals surface area contributed by atoms with Crippen molar-refractivity contribution >= 4 is 29.3 Å². The average molecular weight is 356 g/mol. The van der Waals surface area contributed by atoms with Crippen molar-refractivity contribution in [1.82, 2.24) is 9.88 Å². The molecule has 0 radical (unpaired) electrons. The molecule has 6 heteroatoms. The molecule has 0 saturated heterocycles. The van der Waals surface area contributed by atoms with Crippen LogP contribution in [0.25, 0.3) is 6.08 Å². The third-order valence-corrected chi connectivity index (χ3v) is 5.14. The average Bonchev–Trinajstić information content (AvgIpc) is 3.05. The predicted molar refractivity (Wildman–Crippen MR) is 97.7 cm³/mol. The molecule has 3 heterocycles. The fourth-order valence-corrected chi connectivity index (χ4v) is 3.54. The van der Waals surface area contributed by atoms with Crippen molar-refractivity contribution in [3.63, 3.8) is 0 Å². The Kier molecular flexibility index (Phi) is 5.28. The fraction of sp³-hybridized carbons (Fsp3) is 0.316. The summed E-state index contributed by atoms with van der Waals surface area (Å²) >= 11 is 1.60. The van der Waals surface area contributed by atoms with Crippen LogP contribution < -0.4 is 0 Å². The number of carbonyl (C=O) groups is 2. The maximum Gasteiger partial charge on any atom is 0.339 e. The van der Waals surface area contributed by atoms with E-state index < -0.39 is 0 Å². The van der Waals surface area contributed by atoms with Crippen LogP contribution in [0.1, 0.15) is 32.2 Å². The van der Waals surface area contributed by atoms with Gasteiger partial charge in [0.15, 0.2) is 0 Å². The van der Waals surface area contributed by atoms with Gasteiger partial charge >= 0.3 is 5.97 Å². The molecular formula is C19H20N2O3S. The van der Waals surface area contributed by atoms with Gasteiger partial charge in [-0.25, -0.2) is 4.79 Å². The number of carbonyl (C=O) groups excluding carboxylic acids is 2. The van der Waals surface area contributed by atoms with Crippen LogP contribution in [0.3, 0.4) is 0 Å². The smallest absolute Gasteiger partial charge is 0.339 e. The van der Waals surface area contributed by atoms with E-state index in [9.17, 15) is 9.59 Å². The van der Waals surface area contributed by atoms with Crippen LogP contribution >= 0.6 is 11.3 Å². The number of hydrogen-bond acceptors (Lipinski definition) is 5. The summed E-state index contributed by atoms with van der Waals surface area (Å²) in [5.41, 5.74) is 3.15. The number of nitrogens with zero attached hydrogens (tertiary/aromatic N) is 2. The van der Waals surface area contributed by atoms with Crippen LogP contribution in [0.2, 0.25) is 0 Å². The van der Waals surface area contributed by atoms with Crippen molar-refractivity contribution in [3.05, 3.63) is 57.0 Å². The summed E-state index contributed by atoms with van der Waals surface area (Å²) in [5, 5.41) is 1.99. The minimum absolute atomic E-state index is 0.00567. The monoisotopic (exact) mass is 356 g/mol. The molecule has 0 atom stereocenters. The van der Waals surface area contributed by atoms with E-state index in [2.05, 4.69) is 4.98 Å². The van der Waals surface area contributed by atoms with E-state index >= 15 is 0 Å². The highest BCUT2D eigenvalue weighted by molar-refractivity contribution is 7.10. The molecule has 0 N–H and O–H groups in total. The lowest BCUT2D eigenvalue weighted by atomic mass is 10.0. The lowest BCUT2D eigenvalue weighted by Gasteiger charge is -2.17. The largest absolute Gasteiger partial charge is 0.465 e. The molecular weight excluding hydrogens is 336 g/mol. The topological polar surface area (TPSA) is 59.5 Å². The molecule has 3 rings (SSSR count).